The SMILES string of the molecule is CCN(CCOC)C1CCNCC1. The number of rotatable bonds is 5. The fourth-order valence-corrected chi connectivity index (χ4v) is 1.98. The summed E-state index contributed by atoms with van der Waals surface area (Å²) in [6.07, 6.45) is 2.58. The Labute approximate surface area is 81.4 Å². The van der Waals surface area contributed by atoms with E-state index in [9.17, 15) is 0 Å². The molecule has 1 heterocycles. The number of nitrogens with zero attached hydrogens (tertiary/aromatic N) is 1. The van der Waals surface area contributed by atoms with Gasteiger partial charge in [0.25, 0.3) is 0 Å². The topological polar surface area (TPSA) is 24.5 Å². The maximum Gasteiger partial charge on any atom is 0.0589 e. The van der Waals surface area contributed by atoms with Crippen molar-refractivity contribution in [2.75, 3.05) is 39.9 Å². The lowest BCUT2D eigenvalue weighted by Crippen LogP contribution is -2.44. The van der Waals surface area contributed by atoms with Gasteiger partial charge in [-0.2, -0.15) is 0 Å². The lowest BCUT2D eigenvalue weighted by molar-refractivity contribution is 0.110. The molecule has 0 radical (unpaired) electrons. The molecule has 0 unspecified atom stereocenters. The first kappa shape index (κ1) is 11.0. The molecule has 0 atom stereocenters. The Bertz CT molecular complexity index is 124. The summed E-state index contributed by atoms with van der Waals surface area (Å²) < 4.78 is 5.11. The minimum Gasteiger partial charge on any atom is -0.383 e. The van der Waals surface area contributed by atoms with E-state index in [4.69, 9.17) is 4.74 Å². The Morgan fingerprint density at radius 1 is 1.38 bits per heavy atom. The number of likely N-dealkylation sites (N-methyl/N-ethyl adjacent to an activating group) is 1. The van der Waals surface area contributed by atoms with Gasteiger partial charge in [0, 0.05) is 19.7 Å². The molecule has 1 fully saturated rings. The number of methoxy groups -OCH3 is 1. The van der Waals surface area contributed by atoms with Gasteiger partial charge in [0.15, 0.2) is 0 Å². The molecule has 1 N–H and O–H groups in total. The van der Waals surface area contributed by atoms with Crippen molar-refractivity contribution in [2.45, 2.75) is 25.8 Å². The van der Waals surface area contributed by atoms with Crippen LogP contribution in [0.15, 0.2) is 0 Å². The summed E-state index contributed by atoms with van der Waals surface area (Å²) in [6, 6.07) is 0.779. The number of nitrogens with one attached hydrogen (secondary N) is 1. The van der Waals surface area contributed by atoms with Gasteiger partial charge in [-0.3, -0.25) is 4.90 Å². The number of ether oxygens (including phenoxy) is 1. The molecule has 13 heavy (non-hydrogen) atoms. The van der Waals surface area contributed by atoms with E-state index in [0.717, 1.165) is 25.7 Å². The van der Waals surface area contributed by atoms with Gasteiger partial charge in [-0.05, 0) is 32.5 Å². The zero-order valence-corrected chi connectivity index (χ0v) is 8.88. The van der Waals surface area contributed by atoms with Gasteiger partial charge in [0.05, 0.1) is 6.61 Å². The third kappa shape index (κ3) is 3.63. The summed E-state index contributed by atoms with van der Waals surface area (Å²) in [5, 5.41) is 3.39. The van der Waals surface area contributed by atoms with Crippen LogP contribution in [0.25, 0.3) is 0 Å². The van der Waals surface area contributed by atoms with E-state index in [2.05, 4.69) is 17.1 Å². The summed E-state index contributed by atoms with van der Waals surface area (Å²) in [6.45, 7) is 7.67. The van der Waals surface area contributed by atoms with Crippen molar-refractivity contribution in [1.82, 2.24) is 10.2 Å². The highest BCUT2D eigenvalue weighted by Crippen LogP contribution is 2.10. The molecule has 0 aromatic heterocycles. The average molecular weight is 186 g/mol. The first-order valence-electron chi connectivity index (χ1n) is 5.32. The largest absolute Gasteiger partial charge is 0.383 e. The van der Waals surface area contributed by atoms with Crippen LogP contribution in [-0.2, 0) is 4.74 Å². The molecule has 1 saturated heterocycles. The van der Waals surface area contributed by atoms with E-state index in [0.29, 0.717) is 0 Å². The summed E-state index contributed by atoms with van der Waals surface area (Å²) in [7, 11) is 1.77. The fraction of sp³-hybridized carbons (Fsp3) is 1.00. The summed E-state index contributed by atoms with van der Waals surface area (Å²) in [5.41, 5.74) is 0. The average Bonchev–Trinajstić information content (AvgIpc) is 2.21. The third-order valence-electron chi connectivity index (χ3n) is 2.81. The van der Waals surface area contributed by atoms with Gasteiger partial charge in [-0.15, -0.1) is 0 Å². The lowest BCUT2D eigenvalue weighted by atomic mass is 10.1. The number of hydrogen-bond donors (Lipinski definition) is 1. The second-order valence-electron chi connectivity index (χ2n) is 3.60. The molecule has 78 valence electrons. The van der Waals surface area contributed by atoms with Crippen molar-refractivity contribution in [3.05, 3.63) is 0 Å². The van der Waals surface area contributed by atoms with Crippen LogP contribution in [0.1, 0.15) is 19.8 Å². The van der Waals surface area contributed by atoms with Crippen LogP contribution in [0, 0.1) is 0 Å². The van der Waals surface area contributed by atoms with E-state index in [1.807, 2.05) is 0 Å². The zero-order chi connectivity index (χ0) is 9.52. The Morgan fingerprint density at radius 3 is 2.62 bits per heavy atom. The zero-order valence-electron chi connectivity index (χ0n) is 8.88. The van der Waals surface area contributed by atoms with E-state index in [-0.39, 0.29) is 0 Å². The van der Waals surface area contributed by atoms with Crippen LogP contribution in [0.5, 0.6) is 0 Å². The third-order valence-corrected chi connectivity index (χ3v) is 2.81. The predicted molar refractivity (Wildman–Crippen MR) is 55.0 cm³/mol. The first-order valence-corrected chi connectivity index (χ1v) is 5.32. The highest BCUT2D eigenvalue weighted by Gasteiger charge is 2.18. The standard InChI is InChI=1S/C10H22N2O/c1-3-12(8-9-13-2)10-4-6-11-7-5-10/h10-11H,3-9H2,1-2H3. The monoisotopic (exact) mass is 186 g/mol. The van der Waals surface area contributed by atoms with Gasteiger partial charge < -0.3 is 10.1 Å². The molecule has 1 aliphatic heterocycles. The van der Waals surface area contributed by atoms with Crippen LogP contribution in [0.3, 0.4) is 0 Å². The van der Waals surface area contributed by atoms with Crippen molar-refractivity contribution < 1.29 is 4.74 Å². The normalized spacial score (nSPS) is 19.6. The number of hydrogen-bond acceptors (Lipinski definition) is 3. The molecule has 0 aliphatic carbocycles. The highest BCUT2D eigenvalue weighted by molar-refractivity contribution is 4.76. The Kier molecular flexibility index (Phi) is 5.35. The van der Waals surface area contributed by atoms with E-state index >= 15 is 0 Å². The molecule has 0 aromatic carbocycles. The second-order valence-corrected chi connectivity index (χ2v) is 3.60. The van der Waals surface area contributed by atoms with Crippen LogP contribution in [0.4, 0.5) is 0 Å². The Balaban J connectivity index is 2.26. The molecule has 1 aliphatic rings. The van der Waals surface area contributed by atoms with Crippen molar-refractivity contribution in [3.63, 3.8) is 0 Å². The Morgan fingerprint density at radius 2 is 2.08 bits per heavy atom. The highest BCUT2D eigenvalue weighted by atomic mass is 16.5. The van der Waals surface area contributed by atoms with Gasteiger partial charge in [0.2, 0.25) is 0 Å². The van der Waals surface area contributed by atoms with Crippen LogP contribution >= 0.6 is 0 Å². The first-order chi connectivity index (χ1) is 6.38. The van der Waals surface area contributed by atoms with Gasteiger partial charge in [0.1, 0.15) is 0 Å². The predicted octanol–water partition coefficient (Wildman–Crippen LogP) is 0.707. The van der Waals surface area contributed by atoms with Crippen molar-refractivity contribution in [2.24, 2.45) is 0 Å². The molecule has 3 nitrogen and oxygen atoms in total. The molecule has 0 saturated carbocycles. The molecule has 0 spiro atoms. The minimum atomic E-state index is 0.779. The van der Waals surface area contributed by atoms with Crippen molar-refractivity contribution in [3.8, 4) is 0 Å². The molecule has 1 rings (SSSR count). The van der Waals surface area contributed by atoms with Crippen LogP contribution in [-0.4, -0.2) is 50.8 Å². The second kappa shape index (κ2) is 6.35. The summed E-state index contributed by atoms with van der Waals surface area (Å²) in [5.74, 6) is 0. The van der Waals surface area contributed by atoms with Crippen molar-refractivity contribution >= 4 is 0 Å². The minimum absolute atomic E-state index is 0.779. The molecule has 0 amide bonds. The maximum absolute atomic E-state index is 5.11. The molecule has 0 aromatic rings. The van der Waals surface area contributed by atoms with E-state index in [1.54, 1.807) is 7.11 Å². The smallest absolute Gasteiger partial charge is 0.0589 e. The molecule has 3 heteroatoms. The quantitative estimate of drug-likeness (QED) is 0.684. The summed E-state index contributed by atoms with van der Waals surface area (Å²) in [4.78, 5) is 2.53. The maximum atomic E-state index is 5.11. The van der Waals surface area contributed by atoms with Crippen LogP contribution in [0.2, 0.25) is 0 Å². The lowest BCUT2D eigenvalue weighted by Gasteiger charge is -2.33. The summed E-state index contributed by atoms with van der Waals surface area (Å²) >= 11 is 0. The van der Waals surface area contributed by atoms with Crippen LogP contribution < -0.4 is 5.32 Å². The van der Waals surface area contributed by atoms with Gasteiger partial charge >= 0.3 is 0 Å². The number of piperidine rings is 1. The fourth-order valence-electron chi connectivity index (χ4n) is 1.98. The van der Waals surface area contributed by atoms with Crippen molar-refractivity contribution in [1.29, 1.82) is 0 Å². The van der Waals surface area contributed by atoms with Gasteiger partial charge in [-0.25, -0.2) is 0 Å². The molecular formula is C10H22N2O. The van der Waals surface area contributed by atoms with E-state index in [1.165, 1.54) is 25.9 Å². The molecular weight excluding hydrogens is 164 g/mol. The Hall–Kier alpha value is -0.120. The van der Waals surface area contributed by atoms with E-state index < -0.39 is 0 Å². The molecule has 0 bridgehead atoms. The van der Waals surface area contributed by atoms with Gasteiger partial charge in [-0.1, -0.05) is 6.92 Å².